The Hall–Kier alpha value is -2.21. The second kappa shape index (κ2) is 7.32. The summed E-state index contributed by atoms with van der Waals surface area (Å²) in [6.07, 6.45) is 6.24. The number of rotatable bonds is 6. The highest BCUT2D eigenvalue weighted by atomic mass is 16.2. The fourth-order valence-electron chi connectivity index (χ4n) is 4.75. The molecule has 1 atom stereocenters. The number of carbonyl (C=O) groups is 1. The highest BCUT2D eigenvalue weighted by Crippen LogP contribution is 2.34. The summed E-state index contributed by atoms with van der Waals surface area (Å²) >= 11 is 0. The van der Waals surface area contributed by atoms with Crippen molar-refractivity contribution in [3.8, 4) is 0 Å². The zero-order chi connectivity index (χ0) is 19.1. The van der Waals surface area contributed by atoms with Crippen molar-refractivity contribution in [2.45, 2.75) is 51.1 Å². The van der Waals surface area contributed by atoms with Crippen LogP contribution in [0.5, 0.6) is 0 Å². The molecule has 1 amide bonds. The Labute approximate surface area is 165 Å². The van der Waals surface area contributed by atoms with Gasteiger partial charge in [-0.3, -0.25) is 19.1 Å². The molecule has 1 aromatic carbocycles. The molecule has 0 N–H and O–H groups in total. The lowest BCUT2D eigenvalue weighted by Crippen LogP contribution is -2.38. The Kier molecular flexibility index (Phi) is 4.67. The molecule has 3 fully saturated rings. The first-order chi connectivity index (χ1) is 13.7. The van der Waals surface area contributed by atoms with E-state index in [2.05, 4.69) is 4.90 Å². The minimum Gasteiger partial charge on any atom is -0.341 e. The monoisotopic (exact) mass is 380 g/mol. The van der Waals surface area contributed by atoms with Gasteiger partial charge in [0, 0.05) is 32.6 Å². The second-order valence-electron chi connectivity index (χ2n) is 8.52. The molecular formula is C22H28N4O2. The van der Waals surface area contributed by atoms with Crippen molar-refractivity contribution in [2.24, 2.45) is 5.92 Å². The number of para-hydroxylation sites is 1. The molecular weight excluding hydrogens is 352 g/mol. The van der Waals surface area contributed by atoms with Gasteiger partial charge < -0.3 is 4.90 Å². The molecule has 6 heteroatoms. The van der Waals surface area contributed by atoms with E-state index in [0.29, 0.717) is 12.3 Å². The molecule has 3 aliphatic rings. The number of amides is 1. The molecule has 0 bridgehead atoms. The maximum atomic E-state index is 13.2. The summed E-state index contributed by atoms with van der Waals surface area (Å²) in [5.74, 6) is 1.84. The SMILES string of the molecule is O=C1CCCN1CCN1CCCC1c1nc2ccccc2c(=O)n1CC1CC1. The molecule has 1 saturated carbocycles. The number of nitrogens with zero attached hydrogens (tertiary/aromatic N) is 4. The third kappa shape index (κ3) is 3.34. The van der Waals surface area contributed by atoms with Gasteiger partial charge in [-0.05, 0) is 56.7 Å². The van der Waals surface area contributed by atoms with Gasteiger partial charge in [0.1, 0.15) is 5.82 Å². The molecule has 0 radical (unpaired) electrons. The molecule has 3 heterocycles. The molecule has 6 nitrogen and oxygen atoms in total. The quantitative estimate of drug-likeness (QED) is 0.773. The summed E-state index contributed by atoms with van der Waals surface area (Å²) in [6, 6.07) is 7.89. The second-order valence-corrected chi connectivity index (χ2v) is 8.52. The third-order valence-electron chi connectivity index (χ3n) is 6.52. The fraction of sp³-hybridized carbons (Fsp3) is 0.591. The number of benzene rings is 1. The standard InChI is InChI=1S/C22H28N4O2/c27-20-8-4-12-25(20)14-13-24-11-3-7-19(24)21-23-18-6-2-1-5-17(18)22(28)26(21)15-16-9-10-16/h1-2,5-6,16,19H,3-4,7-15H2. The molecule has 1 unspecified atom stereocenters. The van der Waals surface area contributed by atoms with Crippen LogP contribution >= 0.6 is 0 Å². The summed E-state index contributed by atoms with van der Waals surface area (Å²) in [7, 11) is 0. The van der Waals surface area contributed by atoms with Gasteiger partial charge in [-0.2, -0.15) is 0 Å². The molecule has 0 spiro atoms. The van der Waals surface area contributed by atoms with Crippen molar-refractivity contribution in [2.75, 3.05) is 26.2 Å². The predicted octanol–water partition coefficient (Wildman–Crippen LogP) is 2.57. The Balaban J connectivity index is 1.46. The van der Waals surface area contributed by atoms with Crippen molar-refractivity contribution in [1.29, 1.82) is 0 Å². The first-order valence-corrected chi connectivity index (χ1v) is 10.7. The van der Waals surface area contributed by atoms with E-state index >= 15 is 0 Å². The molecule has 1 aliphatic carbocycles. The van der Waals surface area contributed by atoms with Crippen molar-refractivity contribution >= 4 is 16.8 Å². The largest absolute Gasteiger partial charge is 0.341 e. The Bertz CT molecular complexity index is 949. The lowest BCUT2D eigenvalue weighted by molar-refractivity contribution is -0.127. The Morgan fingerprint density at radius 2 is 1.86 bits per heavy atom. The van der Waals surface area contributed by atoms with E-state index in [9.17, 15) is 9.59 Å². The number of aromatic nitrogens is 2. The summed E-state index contributed by atoms with van der Waals surface area (Å²) in [5, 5.41) is 0.721. The van der Waals surface area contributed by atoms with Crippen LogP contribution in [0.4, 0.5) is 0 Å². The number of carbonyl (C=O) groups excluding carboxylic acids is 1. The van der Waals surface area contributed by atoms with Crippen LogP contribution in [-0.2, 0) is 11.3 Å². The maximum Gasteiger partial charge on any atom is 0.261 e. The van der Waals surface area contributed by atoms with Crippen LogP contribution in [-0.4, -0.2) is 51.4 Å². The molecule has 2 saturated heterocycles. The van der Waals surface area contributed by atoms with Crippen LogP contribution in [0.15, 0.2) is 29.1 Å². The summed E-state index contributed by atoms with van der Waals surface area (Å²) in [6.45, 7) is 4.34. The van der Waals surface area contributed by atoms with Crippen LogP contribution in [0.1, 0.15) is 50.4 Å². The van der Waals surface area contributed by atoms with Gasteiger partial charge in [0.25, 0.3) is 5.56 Å². The minimum absolute atomic E-state index is 0.106. The van der Waals surface area contributed by atoms with Gasteiger partial charge in [0.15, 0.2) is 0 Å². The number of likely N-dealkylation sites (tertiary alicyclic amines) is 2. The van der Waals surface area contributed by atoms with Gasteiger partial charge in [-0.15, -0.1) is 0 Å². The Morgan fingerprint density at radius 3 is 2.64 bits per heavy atom. The highest BCUT2D eigenvalue weighted by Gasteiger charge is 2.33. The number of fused-ring (bicyclic) bond motifs is 1. The summed E-state index contributed by atoms with van der Waals surface area (Å²) in [5.41, 5.74) is 0.908. The van der Waals surface area contributed by atoms with Gasteiger partial charge >= 0.3 is 0 Å². The molecule has 28 heavy (non-hydrogen) atoms. The summed E-state index contributed by atoms with van der Waals surface area (Å²) in [4.78, 5) is 34.6. The van der Waals surface area contributed by atoms with E-state index in [1.54, 1.807) is 0 Å². The van der Waals surface area contributed by atoms with Crippen LogP contribution in [0.3, 0.4) is 0 Å². The predicted molar refractivity (Wildman–Crippen MR) is 108 cm³/mol. The number of hydrogen-bond acceptors (Lipinski definition) is 4. The normalized spacial score (nSPS) is 23.2. The third-order valence-corrected chi connectivity index (χ3v) is 6.52. The van der Waals surface area contributed by atoms with Crippen LogP contribution in [0, 0.1) is 5.92 Å². The van der Waals surface area contributed by atoms with Gasteiger partial charge in [0.05, 0.1) is 16.9 Å². The Morgan fingerprint density at radius 1 is 1.00 bits per heavy atom. The highest BCUT2D eigenvalue weighted by molar-refractivity contribution is 5.78. The average Bonchev–Trinajstić information content (AvgIpc) is 3.24. The van der Waals surface area contributed by atoms with E-state index in [-0.39, 0.29) is 17.5 Å². The smallest absolute Gasteiger partial charge is 0.261 e. The zero-order valence-electron chi connectivity index (χ0n) is 16.3. The van der Waals surface area contributed by atoms with Gasteiger partial charge in [-0.25, -0.2) is 4.98 Å². The van der Waals surface area contributed by atoms with Crippen LogP contribution in [0.2, 0.25) is 0 Å². The van der Waals surface area contributed by atoms with E-state index in [4.69, 9.17) is 4.98 Å². The summed E-state index contributed by atoms with van der Waals surface area (Å²) < 4.78 is 1.96. The molecule has 2 aliphatic heterocycles. The van der Waals surface area contributed by atoms with Crippen molar-refractivity contribution in [3.05, 3.63) is 40.4 Å². The first-order valence-electron chi connectivity index (χ1n) is 10.7. The topological polar surface area (TPSA) is 58.4 Å². The molecule has 5 rings (SSSR count). The maximum absolute atomic E-state index is 13.2. The van der Waals surface area contributed by atoms with Gasteiger partial charge in [0.2, 0.25) is 5.91 Å². The lowest BCUT2D eigenvalue weighted by atomic mass is 10.1. The number of hydrogen-bond donors (Lipinski definition) is 0. The zero-order valence-corrected chi connectivity index (χ0v) is 16.3. The van der Waals surface area contributed by atoms with Gasteiger partial charge in [-0.1, -0.05) is 12.1 Å². The van der Waals surface area contributed by atoms with Crippen LogP contribution < -0.4 is 5.56 Å². The van der Waals surface area contributed by atoms with Crippen molar-refractivity contribution < 1.29 is 4.79 Å². The van der Waals surface area contributed by atoms with Crippen LogP contribution in [0.25, 0.3) is 10.9 Å². The van der Waals surface area contributed by atoms with E-state index in [1.807, 2.05) is 33.7 Å². The minimum atomic E-state index is 0.106. The fourth-order valence-corrected chi connectivity index (χ4v) is 4.75. The molecule has 2 aromatic rings. The lowest BCUT2D eigenvalue weighted by Gasteiger charge is -2.28. The first kappa shape index (κ1) is 17.9. The van der Waals surface area contributed by atoms with E-state index in [1.165, 1.54) is 12.8 Å². The molecule has 1 aromatic heterocycles. The van der Waals surface area contributed by atoms with Crippen molar-refractivity contribution in [3.63, 3.8) is 0 Å². The van der Waals surface area contributed by atoms with E-state index < -0.39 is 0 Å². The average molecular weight is 380 g/mol. The molecule has 148 valence electrons. The van der Waals surface area contributed by atoms with E-state index in [0.717, 1.165) is 68.7 Å². The van der Waals surface area contributed by atoms with Crippen molar-refractivity contribution in [1.82, 2.24) is 19.4 Å².